The summed E-state index contributed by atoms with van der Waals surface area (Å²) in [6.45, 7) is 1.33. The number of hydrogen-bond acceptors (Lipinski definition) is 2. The molecule has 3 rings (SSSR count). The molecule has 1 heterocycles. The van der Waals surface area contributed by atoms with E-state index in [1.165, 1.54) is 12.8 Å². The Kier molecular flexibility index (Phi) is 3.46. The lowest BCUT2D eigenvalue weighted by molar-refractivity contribution is 0.0785. The molecule has 0 unspecified atom stereocenters. The topological polar surface area (TPSA) is 46.3 Å². The maximum absolute atomic E-state index is 12.5. The highest BCUT2D eigenvalue weighted by atomic mass is 35.5. The van der Waals surface area contributed by atoms with E-state index in [0.717, 1.165) is 6.54 Å². The van der Waals surface area contributed by atoms with Crippen LogP contribution in [-0.4, -0.2) is 29.9 Å². The molecule has 0 bridgehead atoms. The minimum atomic E-state index is -0.103. The minimum Gasteiger partial charge on any atom is -0.337 e. The number of nitrogens with two attached hydrogens (primary N) is 1. The molecular formula is C14H16Cl2N2O. The van der Waals surface area contributed by atoms with Gasteiger partial charge in [0.05, 0.1) is 15.6 Å². The molecule has 1 saturated heterocycles. The summed E-state index contributed by atoms with van der Waals surface area (Å²) >= 11 is 12.2. The second-order valence-electron chi connectivity index (χ2n) is 5.47. The summed E-state index contributed by atoms with van der Waals surface area (Å²) in [6.07, 6.45) is 2.49. The molecule has 1 aromatic carbocycles. The van der Waals surface area contributed by atoms with Gasteiger partial charge in [0.15, 0.2) is 0 Å². The Morgan fingerprint density at radius 1 is 1.21 bits per heavy atom. The lowest BCUT2D eigenvalue weighted by atomic mass is 9.99. The number of amides is 1. The molecule has 0 radical (unpaired) electrons. The van der Waals surface area contributed by atoms with Crippen molar-refractivity contribution in [1.29, 1.82) is 0 Å². The maximum atomic E-state index is 12.5. The van der Waals surface area contributed by atoms with Crippen LogP contribution in [0.2, 0.25) is 10.0 Å². The lowest BCUT2D eigenvalue weighted by Gasteiger charge is -2.17. The quantitative estimate of drug-likeness (QED) is 0.912. The third kappa shape index (κ3) is 2.47. The zero-order valence-corrected chi connectivity index (χ0v) is 12.0. The first-order chi connectivity index (χ1) is 9.08. The van der Waals surface area contributed by atoms with E-state index in [1.54, 1.807) is 23.1 Å². The molecule has 5 heteroatoms. The molecule has 1 amide bonds. The van der Waals surface area contributed by atoms with Gasteiger partial charge in [-0.25, -0.2) is 0 Å². The van der Waals surface area contributed by atoms with E-state index in [4.69, 9.17) is 28.9 Å². The van der Waals surface area contributed by atoms with Gasteiger partial charge < -0.3 is 10.6 Å². The highest BCUT2D eigenvalue weighted by molar-refractivity contribution is 6.39. The van der Waals surface area contributed by atoms with Gasteiger partial charge in [-0.1, -0.05) is 29.3 Å². The van der Waals surface area contributed by atoms with E-state index in [1.807, 2.05) is 0 Å². The van der Waals surface area contributed by atoms with Gasteiger partial charge in [-0.2, -0.15) is 0 Å². The van der Waals surface area contributed by atoms with Gasteiger partial charge in [0.25, 0.3) is 5.91 Å². The molecule has 3 nitrogen and oxygen atoms in total. The molecule has 1 aliphatic carbocycles. The second kappa shape index (κ2) is 4.97. The Morgan fingerprint density at radius 2 is 1.84 bits per heavy atom. The third-order valence-corrected chi connectivity index (χ3v) is 4.73. The molecule has 0 spiro atoms. The van der Waals surface area contributed by atoms with Crippen molar-refractivity contribution in [3.63, 3.8) is 0 Å². The average Bonchev–Trinajstić information content (AvgIpc) is 3.12. The Morgan fingerprint density at radius 3 is 2.42 bits per heavy atom. The fourth-order valence-electron chi connectivity index (χ4n) is 2.90. The van der Waals surface area contributed by atoms with Crippen molar-refractivity contribution in [2.45, 2.75) is 18.9 Å². The second-order valence-corrected chi connectivity index (χ2v) is 6.29. The standard InChI is InChI=1S/C14H16Cl2N2O/c15-10-2-1-3-11(16)13(10)14(19)18-6-9(8-4-5-8)12(17)7-18/h1-3,8-9,12H,4-7,17H2/t9-,12+/m0/s1. The van der Waals surface area contributed by atoms with Crippen LogP contribution in [0.3, 0.4) is 0 Å². The van der Waals surface area contributed by atoms with Gasteiger partial charge in [0, 0.05) is 19.1 Å². The SMILES string of the molecule is N[C@@H]1CN(C(=O)c2c(Cl)cccc2Cl)C[C@H]1C1CC1. The van der Waals surface area contributed by atoms with E-state index in [-0.39, 0.29) is 11.9 Å². The summed E-state index contributed by atoms with van der Waals surface area (Å²) in [5.74, 6) is 1.04. The zero-order chi connectivity index (χ0) is 13.6. The van der Waals surface area contributed by atoms with E-state index in [9.17, 15) is 4.79 Å². The lowest BCUT2D eigenvalue weighted by Crippen LogP contribution is -2.32. The van der Waals surface area contributed by atoms with Gasteiger partial charge in [0.1, 0.15) is 0 Å². The normalized spacial score (nSPS) is 26.8. The van der Waals surface area contributed by atoms with Gasteiger partial charge in [0.2, 0.25) is 0 Å². The molecule has 1 aliphatic heterocycles. The van der Waals surface area contributed by atoms with Gasteiger partial charge >= 0.3 is 0 Å². The van der Waals surface area contributed by atoms with Crippen LogP contribution in [0.25, 0.3) is 0 Å². The number of likely N-dealkylation sites (tertiary alicyclic amines) is 1. The molecule has 2 fully saturated rings. The predicted octanol–water partition coefficient (Wildman–Crippen LogP) is 2.80. The highest BCUT2D eigenvalue weighted by Gasteiger charge is 2.42. The van der Waals surface area contributed by atoms with Crippen LogP contribution in [0.5, 0.6) is 0 Å². The summed E-state index contributed by atoms with van der Waals surface area (Å²) in [5, 5.41) is 0.807. The third-order valence-electron chi connectivity index (χ3n) is 4.10. The molecule has 0 aromatic heterocycles. The molecule has 2 aliphatic rings. The summed E-state index contributed by atoms with van der Waals surface area (Å²) in [5.41, 5.74) is 6.54. The smallest absolute Gasteiger partial charge is 0.256 e. The minimum absolute atomic E-state index is 0.0812. The van der Waals surface area contributed by atoms with E-state index >= 15 is 0 Å². The predicted molar refractivity (Wildman–Crippen MR) is 76.6 cm³/mol. The number of nitrogens with zero attached hydrogens (tertiary/aromatic N) is 1. The number of halogens is 2. The van der Waals surface area contributed by atoms with Gasteiger partial charge in [-0.15, -0.1) is 0 Å². The van der Waals surface area contributed by atoms with Crippen LogP contribution in [0.4, 0.5) is 0 Å². The van der Waals surface area contributed by atoms with Crippen molar-refractivity contribution in [3.05, 3.63) is 33.8 Å². The van der Waals surface area contributed by atoms with Crippen LogP contribution in [-0.2, 0) is 0 Å². The Labute approximate surface area is 122 Å². The molecule has 19 heavy (non-hydrogen) atoms. The summed E-state index contributed by atoms with van der Waals surface area (Å²) in [7, 11) is 0. The maximum Gasteiger partial charge on any atom is 0.256 e. The van der Waals surface area contributed by atoms with E-state index < -0.39 is 0 Å². The van der Waals surface area contributed by atoms with Crippen molar-refractivity contribution in [2.24, 2.45) is 17.6 Å². The Bertz CT molecular complexity index is 496. The largest absolute Gasteiger partial charge is 0.337 e. The number of carbonyl (C=O) groups excluding carboxylic acids is 1. The monoisotopic (exact) mass is 298 g/mol. The molecule has 102 valence electrons. The first-order valence-corrected chi connectivity index (χ1v) is 7.32. The molecule has 1 saturated carbocycles. The molecule has 1 aromatic rings. The van der Waals surface area contributed by atoms with Crippen molar-refractivity contribution in [2.75, 3.05) is 13.1 Å². The summed E-state index contributed by atoms with van der Waals surface area (Å²) < 4.78 is 0. The molecular weight excluding hydrogens is 283 g/mol. The Hall–Kier alpha value is -0.770. The van der Waals surface area contributed by atoms with E-state index in [2.05, 4.69) is 0 Å². The first kappa shape index (κ1) is 13.2. The van der Waals surface area contributed by atoms with Crippen LogP contribution in [0.15, 0.2) is 18.2 Å². The molecule has 2 atom stereocenters. The molecule has 2 N–H and O–H groups in total. The van der Waals surface area contributed by atoms with Crippen molar-refractivity contribution in [3.8, 4) is 0 Å². The number of carbonyl (C=O) groups is 1. The van der Waals surface area contributed by atoms with Crippen LogP contribution >= 0.6 is 23.2 Å². The average molecular weight is 299 g/mol. The van der Waals surface area contributed by atoms with E-state index in [0.29, 0.717) is 34.0 Å². The number of hydrogen-bond donors (Lipinski definition) is 1. The first-order valence-electron chi connectivity index (χ1n) is 6.57. The number of benzene rings is 1. The fraction of sp³-hybridized carbons (Fsp3) is 0.500. The van der Waals surface area contributed by atoms with Crippen molar-refractivity contribution in [1.82, 2.24) is 4.90 Å². The zero-order valence-electron chi connectivity index (χ0n) is 10.5. The van der Waals surface area contributed by atoms with Gasteiger partial charge in [-0.05, 0) is 36.8 Å². The highest BCUT2D eigenvalue weighted by Crippen LogP contribution is 2.41. The van der Waals surface area contributed by atoms with Crippen LogP contribution in [0, 0.1) is 11.8 Å². The number of rotatable bonds is 2. The fourth-order valence-corrected chi connectivity index (χ4v) is 3.46. The van der Waals surface area contributed by atoms with Crippen LogP contribution in [0.1, 0.15) is 23.2 Å². The van der Waals surface area contributed by atoms with Gasteiger partial charge in [-0.3, -0.25) is 4.79 Å². The van der Waals surface area contributed by atoms with Crippen molar-refractivity contribution >= 4 is 29.1 Å². The van der Waals surface area contributed by atoms with Crippen LogP contribution < -0.4 is 5.73 Å². The summed E-state index contributed by atoms with van der Waals surface area (Å²) in [6, 6.07) is 5.20. The van der Waals surface area contributed by atoms with Crippen molar-refractivity contribution < 1.29 is 4.79 Å². The Balaban J connectivity index is 1.81. The summed E-state index contributed by atoms with van der Waals surface area (Å²) in [4.78, 5) is 14.3.